The molecule has 0 bridgehead atoms. The van der Waals surface area contributed by atoms with Crippen LogP contribution in [0.2, 0.25) is 0 Å². The molecular formula is C9H14ClNO4. The molecule has 0 saturated heterocycles. The third-order valence-electron chi connectivity index (χ3n) is 1.66. The number of hydrogen-bond acceptors (Lipinski definition) is 4. The molecule has 6 heteroatoms. The Morgan fingerprint density at radius 3 is 2.40 bits per heavy atom. The topological polar surface area (TPSA) is 72.5 Å². The smallest absolute Gasteiger partial charge is 0.305 e. The van der Waals surface area contributed by atoms with Crippen molar-refractivity contribution in [3.63, 3.8) is 0 Å². The molecule has 0 heterocycles. The van der Waals surface area contributed by atoms with Crippen LogP contribution in [-0.4, -0.2) is 36.7 Å². The molecule has 0 aromatic rings. The summed E-state index contributed by atoms with van der Waals surface area (Å²) in [6.07, 6.45) is 0.0885. The molecule has 0 aliphatic rings. The summed E-state index contributed by atoms with van der Waals surface area (Å²) in [5.41, 5.74) is 0. The molecule has 0 aromatic heterocycles. The predicted octanol–water partition coefficient (Wildman–Crippen LogP) is 0.252. The number of hydrogen-bond donors (Lipinski definition) is 1. The van der Waals surface area contributed by atoms with Gasteiger partial charge in [-0.1, -0.05) is 0 Å². The Kier molecular flexibility index (Phi) is 6.70. The zero-order valence-electron chi connectivity index (χ0n) is 8.71. The van der Waals surface area contributed by atoms with Gasteiger partial charge in [-0.15, -0.1) is 11.6 Å². The summed E-state index contributed by atoms with van der Waals surface area (Å²) in [4.78, 5) is 32.8. The lowest BCUT2D eigenvalue weighted by Crippen LogP contribution is -2.34. The van der Waals surface area contributed by atoms with Gasteiger partial charge < -0.3 is 10.1 Å². The molecule has 1 atom stereocenters. The van der Waals surface area contributed by atoms with E-state index in [4.69, 9.17) is 11.6 Å². The van der Waals surface area contributed by atoms with Crippen LogP contribution in [0.25, 0.3) is 0 Å². The van der Waals surface area contributed by atoms with Crippen LogP contribution in [0.3, 0.4) is 0 Å². The lowest BCUT2D eigenvalue weighted by Gasteiger charge is -2.05. The van der Waals surface area contributed by atoms with Crippen LogP contribution in [0.15, 0.2) is 0 Å². The molecule has 0 aliphatic heterocycles. The second-order valence-corrected chi connectivity index (χ2v) is 3.60. The second-order valence-electron chi connectivity index (χ2n) is 2.95. The van der Waals surface area contributed by atoms with E-state index >= 15 is 0 Å². The monoisotopic (exact) mass is 235 g/mol. The highest BCUT2D eigenvalue weighted by molar-refractivity contribution is 6.30. The molecule has 0 radical (unpaired) electrons. The van der Waals surface area contributed by atoms with Crippen molar-refractivity contribution in [1.29, 1.82) is 0 Å². The molecule has 5 nitrogen and oxygen atoms in total. The van der Waals surface area contributed by atoms with Crippen LogP contribution in [0, 0.1) is 0 Å². The first-order valence-electron chi connectivity index (χ1n) is 4.47. The Balaban J connectivity index is 3.67. The van der Waals surface area contributed by atoms with Crippen molar-refractivity contribution in [2.75, 3.05) is 13.7 Å². The summed E-state index contributed by atoms with van der Waals surface area (Å²) >= 11 is 5.46. The number of ether oxygens (including phenoxy) is 1. The summed E-state index contributed by atoms with van der Waals surface area (Å²) in [6.45, 7) is 1.41. The van der Waals surface area contributed by atoms with E-state index in [1.807, 2.05) is 0 Å². The van der Waals surface area contributed by atoms with Gasteiger partial charge in [-0.3, -0.25) is 14.4 Å². The van der Waals surface area contributed by atoms with Gasteiger partial charge in [-0.05, 0) is 6.92 Å². The summed E-state index contributed by atoms with van der Waals surface area (Å²) in [7, 11) is 1.25. The molecule has 0 aliphatic carbocycles. The van der Waals surface area contributed by atoms with E-state index in [1.165, 1.54) is 14.0 Å². The number of carbonyl (C=O) groups is 3. The van der Waals surface area contributed by atoms with Crippen molar-refractivity contribution >= 4 is 29.3 Å². The largest absolute Gasteiger partial charge is 0.469 e. The summed E-state index contributed by atoms with van der Waals surface area (Å²) in [5.74, 6) is -1.07. The number of alkyl halides is 1. The fraction of sp³-hybridized carbons (Fsp3) is 0.667. The first-order chi connectivity index (χ1) is 6.97. The van der Waals surface area contributed by atoms with Crippen molar-refractivity contribution in [2.24, 2.45) is 0 Å². The van der Waals surface area contributed by atoms with E-state index < -0.39 is 17.3 Å². The maximum absolute atomic E-state index is 11.1. The number of nitrogens with one attached hydrogen (secondary N) is 1. The molecule has 1 unspecified atom stereocenters. The van der Waals surface area contributed by atoms with Crippen LogP contribution >= 0.6 is 11.6 Å². The van der Waals surface area contributed by atoms with E-state index in [2.05, 4.69) is 10.1 Å². The van der Waals surface area contributed by atoms with E-state index in [-0.39, 0.29) is 25.2 Å². The third-order valence-corrected chi connectivity index (χ3v) is 1.85. The summed E-state index contributed by atoms with van der Waals surface area (Å²) in [5, 5.41) is 1.68. The summed E-state index contributed by atoms with van der Waals surface area (Å²) < 4.78 is 4.36. The zero-order chi connectivity index (χ0) is 11.8. The van der Waals surface area contributed by atoms with Crippen LogP contribution in [0.4, 0.5) is 0 Å². The zero-order valence-corrected chi connectivity index (χ0v) is 9.47. The molecule has 86 valence electrons. The first kappa shape index (κ1) is 13.9. The van der Waals surface area contributed by atoms with E-state index in [1.54, 1.807) is 0 Å². The highest BCUT2D eigenvalue weighted by Crippen LogP contribution is 1.95. The Morgan fingerprint density at radius 1 is 1.33 bits per heavy atom. The molecule has 15 heavy (non-hydrogen) atoms. The van der Waals surface area contributed by atoms with Gasteiger partial charge in [0.15, 0.2) is 5.78 Å². The highest BCUT2D eigenvalue weighted by Gasteiger charge is 2.11. The number of methoxy groups -OCH3 is 1. The minimum Gasteiger partial charge on any atom is -0.469 e. The van der Waals surface area contributed by atoms with Gasteiger partial charge in [0, 0.05) is 6.42 Å². The first-order valence-corrected chi connectivity index (χ1v) is 4.91. The van der Waals surface area contributed by atoms with E-state index in [0.717, 1.165) is 0 Å². The molecule has 0 spiro atoms. The van der Waals surface area contributed by atoms with Gasteiger partial charge in [-0.25, -0.2) is 0 Å². The van der Waals surface area contributed by atoms with Gasteiger partial charge in [0.05, 0.1) is 20.1 Å². The second kappa shape index (κ2) is 7.23. The summed E-state index contributed by atoms with van der Waals surface area (Å²) in [6, 6.07) is 0. The number of rotatable bonds is 6. The van der Waals surface area contributed by atoms with E-state index in [9.17, 15) is 14.4 Å². The molecular weight excluding hydrogens is 222 g/mol. The molecule has 1 N–H and O–H groups in total. The maximum Gasteiger partial charge on any atom is 0.305 e. The molecule has 0 fully saturated rings. The van der Waals surface area contributed by atoms with Crippen LogP contribution < -0.4 is 5.32 Å². The number of carbonyl (C=O) groups excluding carboxylic acids is 3. The highest BCUT2D eigenvalue weighted by atomic mass is 35.5. The predicted molar refractivity (Wildman–Crippen MR) is 54.6 cm³/mol. The average Bonchev–Trinajstić information content (AvgIpc) is 2.21. The van der Waals surface area contributed by atoms with Crippen molar-refractivity contribution in [1.82, 2.24) is 5.32 Å². The van der Waals surface area contributed by atoms with Crippen molar-refractivity contribution in [3.05, 3.63) is 0 Å². The van der Waals surface area contributed by atoms with Gasteiger partial charge in [0.2, 0.25) is 5.91 Å². The number of amides is 1. The molecule has 0 saturated carbocycles. The van der Waals surface area contributed by atoms with Crippen molar-refractivity contribution in [2.45, 2.75) is 25.1 Å². The Labute approximate surface area is 93.1 Å². The lowest BCUT2D eigenvalue weighted by molar-refractivity contribution is -0.141. The van der Waals surface area contributed by atoms with Crippen molar-refractivity contribution in [3.8, 4) is 0 Å². The Bertz CT molecular complexity index is 252. The van der Waals surface area contributed by atoms with Gasteiger partial charge in [-0.2, -0.15) is 0 Å². The van der Waals surface area contributed by atoms with Crippen molar-refractivity contribution < 1.29 is 19.1 Å². The van der Waals surface area contributed by atoms with E-state index in [0.29, 0.717) is 0 Å². The normalized spacial score (nSPS) is 11.7. The van der Waals surface area contributed by atoms with Crippen LogP contribution in [0.5, 0.6) is 0 Å². The fourth-order valence-electron chi connectivity index (χ4n) is 0.758. The minimum atomic E-state index is -0.668. The number of Topliss-reactive ketones (excluding diaryl/α,β-unsaturated/α-hetero) is 1. The van der Waals surface area contributed by atoms with Gasteiger partial charge in [0.1, 0.15) is 5.38 Å². The number of ketones is 1. The Morgan fingerprint density at radius 2 is 1.93 bits per heavy atom. The molecule has 0 aromatic carbocycles. The van der Waals surface area contributed by atoms with Crippen LogP contribution in [0.1, 0.15) is 19.8 Å². The molecule has 1 amide bonds. The molecule has 0 rings (SSSR count). The quantitative estimate of drug-likeness (QED) is 0.529. The van der Waals surface area contributed by atoms with Gasteiger partial charge in [0.25, 0.3) is 0 Å². The lowest BCUT2D eigenvalue weighted by atomic mass is 10.2. The SMILES string of the molecule is COC(=O)CCC(=O)CNC(=O)C(C)Cl. The minimum absolute atomic E-state index is 0.0294. The fourth-order valence-corrected chi connectivity index (χ4v) is 0.835. The Hall–Kier alpha value is -1.10. The number of esters is 1. The third kappa shape index (κ3) is 6.90. The number of halogens is 1. The van der Waals surface area contributed by atoms with Gasteiger partial charge >= 0.3 is 5.97 Å². The standard InChI is InChI=1S/C9H14ClNO4/c1-6(10)9(14)11-5-7(12)3-4-8(13)15-2/h6H,3-5H2,1-2H3,(H,11,14). The van der Waals surface area contributed by atoms with Crippen LogP contribution in [-0.2, 0) is 19.1 Å². The average molecular weight is 236 g/mol. The maximum atomic E-state index is 11.1.